The van der Waals surface area contributed by atoms with Crippen LogP contribution in [0.5, 0.6) is 11.5 Å². The van der Waals surface area contributed by atoms with Crippen LogP contribution >= 0.6 is 0 Å². The minimum Gasteiger partial charge on any atom is -0.489 e. The lowest BCUT2D eigenvalue weighted by molar-refractivity contribution is -0.127. The van der Waals surface area contributed by atoms with E-state index in [0.29, 0.717) is 12.4 Å². The lowest BCUT2D eigenvalue weighted by atomic mass is 9.97. The van der Waals surface area contributed by atoms with Gasteiger partial charge in [-0.1, -0.05) is 78.9 Å². The Balaban J connectivity index is 1.21. The van der Waals surface area contributed by atoms with E-state index in [-0.39, 0.29) is 5.91 Å². The Kier molecular flexibility index (Phi) is 6.90. The average Bonchev–Trinajstić information content (AvgIpc) is 2.92. The van der Waals surface area contributed by atoms with Gasteiger partial charge < -0.3 is 9.47 Å². The molecule has 5 aromatic carbocycles. The molecule has 0 fully saturated rings. The van der Waals surface area contributed by atoms with Gasteiger partial charge in [0.15, 0.2) is 6.10 Å². The fourth-order valence-electron chi connectivity index (χ4n) is 4.05. The van der Waals surface area contributed by atoms with Crippen molar-refractivity contribution in [2.75, 3.05) is 0 Å². The zero-order valence-electron chi connectivity index (χ0n) is 19.9. The number of carbonyl (C=O) groups is 1. The summed E-state index contributed by atoms with van der Waals surface area (Å²) in [6.07, 6.45) is 0.983. The molecule has 1 N–H and O–H groups in total. The van der Waals surface area contributed by atoms with Crippen LogP contribution in [0.2, 0.25) is 0 Å². The van der Waals surface area contributed by atoms with Gasteiger partial charge in [0.25, 0.3) is 5.91 Å². The number of carbonyl (C=O) groups excluding carboxylic acids is 1. The number of hydrogen-bond donors (Lipinski definition) is 1. The molecule has 0 aliphatic carbocycles. The van der Waals surface area contributed by atoms with E-state index in [1.54, 1.807) is 25.3 Å². The van der Waals surface area contributed by atoms with Crippen LogP contribution in [0.3, 0.4) is 0 Å². The van der Waals surface area contributed by atoms with Crippen molar-refractivity contribution in [1.29, 1.82) is 0 Å². The van der Waals surface area contributed by atoms with Crippen LogP contribution in [-0.4, -0.2) is 18.2 Å². The standard InChI is InChI=1S/C31H26N2O3/c1-22(36-27-17-15-26(16-18-27)35-21-23-9-3-2-4-10-23)31(34)33-32-20-30-28-13-7-5-11-24(28)19-25-12-6-8-14-29(25)30/h2-20,22H,21H2,1H3,(H,33,34)/b32-20-/t22-/m1/s1. The lowest BCUT2D eigenvalue weighted by Crippen LogP contribution is -2.33. The molecule has 0 aromatic heterocycles. The normalized spacial score (nSPS) is 12.0. The second kappa shape index (κ2) is 10.7. The predicted molar refractivity (Wildman–Crippen MR) is 144 cm³/mol. The van der Waals surface area contributed by atoms with Gasteiger partial charge in [-0.05, 0) is 64.4 Å². The Bertz CT molecular complexity index is 1460. The molecule has 0 unspecified atom stereocenters. The van der Waals surface area contributed by atoms with Crippen molar-refractivity contribution in [1.82, 2.24) is 5.43 Å². The Morgan fingerprint density at radius 3 is 2.06 bits per heavy atom. The van der Waals surface area contributed by atoms with E-state index in [2.05, 4.69) is 40.9 Å². The molecule has 0 radical (unpaired) electrons. The molecular weight excluding hydrogens is 448 g/mol. The van der Waals surface area contributed by atoms with Crippen LogP contribution in [0.4, 0.5) is 0 Å². The third kappa shape index (κ3) is 5.36. The monoisotopic (exact) mass is 474 g/mol. The maximum absolute atomic E-state index is 12.6. The highest BCUT2D eigenvalue weighted by molar-refractivity contribution is 6.13. The molecule has 5 heteroatoms. The summed E-state index contributed by atoms with van der Waals surface area (Å²) in [5, 5.41) is 8.65. The molecule has 0 heterocycles. The summed E-state index contributed by atoms with van der Waals surface area (Å²) in [6.45, 7) is 2.18. The zero-order valence-corrected chi connectivity index (χ0v) is 19.9. The van der Waals surface area contributed by atoms with Gasteiger partial charge in [-0.15, -0.1) is 0 Å². The van der Waals surface area contributed by atoms with Crippen molar-refractivity contribution in [3.05, 3.63) is 120 Å². The molecule has 0 saturated heterocycles. The lowest BCUT2D eigenvalue weighted by Gasteiger charge is -2.14. The van der Waals surface area contributed by atoms with Gasteiger partial charge in [0.2, 0.25) is 0 Å². The van der Waals surface area contributed by atoms with Crippen molar-refractivity contribution in [3.8, 4) is 11.5 Å². The van der Waals surface area contributed by atoms with Crippen molar-refractivity contribution in [3.63, 3.8) is 0 Å². The van der Waals surface area contributed by atoms with Crippen LogP contribution in [0.1, 0.15) is 18.1 Å². The quantitative estimate of drug-likeness (QED) is 0.159. The SMILES string of the molecule is C[C@@H](Oc1ccc(OCc2ccccc2)cc1)C(=O)N/N=C\c1c2ccccc2cc2ccccc12. The molecule has 0 saturated carbocycles. The fraction of sp³-hybridized carbons (Fsp3) is 0.0968. The fourth-order valence-corrected chi connectivity index (χ4v) is 4.05. The van der Waals surface area contributed by atoms with E-state index in [4.69, 9.17) is 9.47 Å². The van der Waals surface area contributed by atoms with E-state index in [1.165, 1.54) is 0 Å². The smallest absolute Gasteiger partial charge is 0.280 e. The van der Waals surface area contributed by atoms with Crippen molar-refractivity contribution in [2.45, 2.75) is 19.6 Å². The van der Waals surface area contributed by atoms with Gasteiger partial charge in [-0.2, -0.15) is 5.10 Å². The number of nitrogens with zero attached hydrogens (tertiary/aromatic N) is 1. The Morgan fingerprint density at radius 1 is 0.806 bits per heavy atom. The number of fused-ring (bicyclic) bond motifs is 2. The van der Waals surface area contributed by atoms with E-state index >= 15 is 0 Å². The van der Waals surface area contributed by atoms with Gasteiger partial charge in [-0.25, -0.2) is 5.43 Å². The molecule has 0 spiro atoms. The molecule has 0 aliphatic rings. The largest absolute Gasteiger partial charge is 0.489 e. The Hall–Kier alpha value is -4.64. The maximum Gasteiger partial charge on any atom is 0.280 e. The van der Waals surface area contributed by atoms with Crippen LogP contribution in [0.25, 0.3) is 21.5 Å². The van der Waals surface area contributed by atoms with E-state index in [0.717, 1.165) is 38.4 Å². The minimum atomic E-state index is -0.720. The third-order valence-corrected chi connectivity index (χ3v) is 5.94. The Labute approximate surface area is 210 Å². The zero-order chi connectivity index (χ0) is 24.7. The van der Waals surface area contributed by atoms with Crippen molar-refractivity contribution < 1.29 is 14.3 Å². The summed E-state index contributed by atoms with van der Waals surface area (Å²) in [7, 11) is 0. The molecule has 0 bridgehead atoms. The van der Waals surface area contributed by atoms with Gasteiger partial charge in [0, 0.05) is 5.56 Å². The number of benzene rings is 5. The average molecular weight is 475 g/mol. The second-order valence-corrected chi connectivity index (χ2v) is 8.47. The van der Waals surface area contributed by atoms with Crippen LogP contribution in [0.15, 0.2) is 114 Å². The van der Waals surface area contributed by atoms with Crippen LogP contribution < -0.4 is 14.9 Å². The molecule has 178 valence electrons. The van der Waals surface area contributed by atoms with Crippen LogP contribution in [-0.2, 0) is 11.4 Å². The maximum atomic E-state index is 12.6. The number of ether oxygens (including phenoxy) is 2. The number of rotatable bonds is 8. The van der Waals surface area contributed by atoms with E-state index < -0.39 is 6.10 Å². The number of hydrogen-bond acceptors (Lipinski definition) is 4. The number of amides is 1. The van der Waals surface area contributed by atoms with Crippen LogP contribution in [0, 0.1) is 0 Å². The summed E-state index contributed by atoms with van der Waals surface area (Å²) in [4.78, 5) is 12.6. The third-order valence-electron chi connectivity index (χ3n) is 5.94. The first kappa shape index (κ1) is 23.1. The highest BCUT2D eigenvalue weighted by Crippen LogP contribution is 2.27. The second-order valence-electron chi connectivity index (χ2n) is 8.47. The first-order valence-corrected chi connectivity index (χ1v) is 11.8. The van der Waals surface area contributed by atoms with Gasteiger partial charge in [-0.3, -0.25) is 4.79 Å². The summed E-state index contributed by atoms with van der Waals surface area (Å²) in [5.41, 5.74) is 4.67. The topological polar surface area (TPSA) is 59.9 Å². The molecule has 5 rings (SSSR count). The molecule has 5 aromatic rings. The number of hydrazone groups is 1. The van der Waals surface area contributed by atoms with Crippen molar-refractivity contribution in [2.24, 2.45) is 5.10 Å². The summed E-state index contributed by atoms with van der Waals surface area (Å²) < 4.78 is 11.6. The first-order valence-electron chi connectivity index (χ1n) is 11.8. The summed E-state index contributed by atoms with van der Waals surface area (Å²) in [6, 6.07) is 35.7. The first-order chi connectivity index (χ1) is 17.7. The molecular formula is C31H26N2O3. The summed E-state index contributed by atoms with van der Waals surface area (Å²) >= 11 is 0. The summed E-state index contributed by atoms with van der Waals surface area (Å²) in [5.74, 6) is 0.976. The molecule has 1 amide bonds. The number of nitrogens with one attached hydrogen (secondary N) is 1. The van der Waals surface area contributed by atoms with Crippen molar-refractivity contribution >= 4 is 33.7 Å². The predicted octanol–water partition coefficient (Wildman–Crippen LogP) is 6.49. The van der Waals surface area contributed by atoms with Gasteiger partial charge in [0.1, 0.15) is 18.1 Å². The van der Waals surface area contributed by atoms with Gasteiger partial charge in [0.05, 0.1) is 6.21 Å². The van der Waals surface area contributed by atoms with Gasteiger partial charge >= 0.3 is 0 Å². The minimum absolute atomic E-state index is 0.333. The molecule has 0 aliphatic heterocycles. The highest BCUT2D eigenvalue weighted by atomic mass is 16.5. The molecule has 5 nitrogen and oxygen atoms in total. The molecule has 36 heavy (non-hydrogen) atoms. The molecule has 1 atom stereocenters. The van der Waals surface area contributed by atoms with E-state index in [1.807, 2.05) is 66.7 Å². The van der Waals surface area contributed by atoms with E-state index in [9.17, 15) is 4.79 Å². The highest BCUT2D eigenvalue weighted by Gasteiger charge is 2.14. The Morgan fingerprint density at radius 2 is 1.39 bits per heavy atom.